The highest BCUT2D eigenvalue weighted by molar-refractivity contribution is 5.76. The van der Waals surface area contributed by atoms with Crippen LogP contribution in [0.3, 0.4) is 0 Å². The third-order valence-corrected chi connectivity index (χ3v) is 17.5. The van der Waals surface area contributed by atoms with Gasteiger partial charge in [0.25, 0.3) is 0 Å². The molecule has 0 heterocycles. The molecule has 0 aliphatic heterocycles. The molecule has 0 aromatic carbocycles. The van der Waals surface area contributed by atoms with Gasteiger partial charge in [-0.05, 0) is 57.8 Å². The van der Waals surface area contributed by atoms with Gasteiger partial charge in [-0.2, -0.15) is 0 Å². The van der Waals surface area contributed by atoms with Gasteiger partial charge in [0.1, 0.15) is 0 Å². The highest BCUT2D eigenvalue weighted by atomic mass is 16.5. The number of ether oxygens (including phenoxy) is 1. The number of carbonyl (C=O) groups excluding carboxylic acids is 2. The molecule has 2 atom stereocenters. The Balaban J connectivity index is 3.34. The molecule has 1 amide bonds. The van der Waals surface area contributed by atoms with Gasteiger partial charge < -0.3 is 20.3 Å². The molecule has 0 bridgehead atoms. The van der Waals surface area contributed by atoms with E-state index in [-0.39, 0.29) is 18.5 Å². The average Bonchev–Trinajstić information content (AvgIpc) is 3.47. The zero-order chi connectivity index (χ0) is 58.5. The number of nitrogens with one attached hydrogen (secondary N) is 1. The fourth-order valence-electron chi connectivity index (χ4n) is 11.9. The van der Waals surface area contributed by atoms with Crippen molar-refractivity contribution < 1.29 is 24.5 Å². The summed E-state index contributed by atoms with van der Waals surface area (Å²) in [5.74, 6) is -0.0162. The minimum absolute atomic E-state index is 0.0117. The molecule has 0 saturated carbocycles. The van der Waals surface area contributed by atoms with E-state index in [9.17, 15) is 19.8 Å². The van der Waals surface area contributed by atoms with Crippen molar-refractivity contribution in [2.45, 2.75) is 431 Å². The molecule has 0 fully saturated rings. The van der Waals surface area contributed by atoms with E-state index in [1.807, 2.05) is 0 Å². The van der Waals surface area contributed by atoms with E-state index < -0.39 is 12.1 Å². The number of unbranched alkanes of at least 4 members (excludes halogenated alkanes) is 55. The highest BCUT2D eigenvalue weighted by Crippen LogP contribution is 2.19. The third kappa shape index (κ3) is 67.3. The minimum Gasteiger partial charge on any atom is -0.466 e. The molecule has 0 aliphatic carbocycles. The molecule has 0 radical (unpaired) electrons. The monoisotopic (exact) mass is 1140 g/mol. The van der Waals surface area contributed by atoms with Gasteiger partial charge >= 0.3 is 5.97 Å². The standard InChI is InChI=1S/C75H145NO5/c1-3-5-7-9-11-13-15-17-19-21-32-35-39-43-47-51-55-59-63-67-73(78)72(71-77)76-74(79)68-64-60-56-52-48-44-40-36-33-30-28-26-24-23-25-27-29-31-34-38-42-46-50-54-58-62-66-70-81-75(80)69-65-61-57-53-49-45-41-37-22-20-18-16-14-12-10-8-6-4-2/h14,16,20,22,72-73,77-78H,3-13,15,17-19,21,23-71H2,1-2H3,(H,76,79)/b16-14-,22-20-. The second-order valence-corrected chi connectivity index (χ2v) is 25.6. The van der Waals surface area contributed by atoms with E-state index in [1.54, 1.807) is 0 Å². The Morgan fingerprint density at radius 2 is 0.617 bits per heavy atom. The largest absolute Gasteiger partial charge is 0.466 e. The van der Waals surface area contributed by atoms with Crippen molar-refractivity contribution in [3.8, 4) is 0 Å². The first-order chi connectivity index (χ1) is 40.0. The van der Waals surface area contributed by atoms with Gasteiger partial charge in [0.15, 0.2) is 0 Å². The summed E-state index contributed by atoms with van der Waals surface area (Å²) in [6, 6.07) is -0.540. The summed E-state index contributed by atoms with van der Waals surface area (Å²) in [5, 5.41) is 23.4. The summed E-state index contributed by atoms with van der Waals surface area (Å²) in [6.07, 6.45) is 89.5. The smallest absolute Gasteiger partial charge is 0.305 e. The van der Waals surface area contributed by atoms with E-state index in [0.29, 0.717) is 25.9 Å². The molecule has 6 heteroatoms. The molecule has 0 aromatic rings. The number of esters is 1. The summed E-state index contributed by atoms with van der Waals surface area (Å²) in [7, 11) is 0. The number of carbonyl (C=O) groups is 2. The Hall–Kier alpha value is -1.66. The van der Waals surface area contributed by atoms with Gasteiger partial charge in [-0.25, -0.2) is 0 Å². The van der Waals surface area contributed by atoms with Crippen molar-refractivity contribution >= 4 is 11.9 Å². The van der Waals surface area contributed by atoms with Gasteiger partial charge in [-0.3, -0.25) is 9.59 Å². The quantitative estimate of drug-likeness (QED) is 0.0320. The van der Waals surface area contributed by atoms with Crippen LogP contribution in [-0.4, -0.2) is 47.4 Å². The van der Waals surface area contributed by atoms with Crippen LogP contribution in [0.1, 0.15) is 418 Å². The molecule has 0 aromatic heterocycles. The van der Waals surface area contributed by atoms with Crippen molar-refractivity contribution in [3.63, 3.8) is 0 Å². The van der Waals surface area contributed by atoms with Gasteiger partial charge in [-0.15, -0.1) is 0 Å². The summed E-state index contributed by atoms with van der Waals surface area (Å²) < 4.78 is 5.51. The van der Waals surface area contributed by atoms with Crippen LogP contribution in [0.5, 0.6) is 0 Å². The van der Waals surface area contributed by atoms with Crippen LogP contribution >= 0.6 is 0 Å². The zero-order valence-electron chi connectivity index (χ0n) is 55.0. The van der Waals surface area contributed by atoms with Crippen LogP contribution in [0.2, 0.25) is 0 Å². The highest BCUT2D eigenvalue weighted by Gasteiger charge is 2.20. The molecule has 6 nitrogen and oxygen atoms in total. The Morgan fingerprint density at radius 1 is 0.346 bits per heavy atom. The third-order valence-electron chi connectivity index (χ3n) is 17.5. The molecule has 3 N–H and O–H groups in total. The normalized spacial score (nSPS) is 12.6. The number of aliphatic hydroxyl groups is 2. The number of aliphatic hydroxyl groups excluding tert-OH is 2. The van der Waals surface area contributed by atoms with Gasteiger partial charge in [-0.1, -0.05) is 372 Å². The van der Waals surface area contributed by atoms with Crippen LogP contribution in [0, 0.1) is 0 Å². The van der Waals surface area contributed by atoms with Crippen LogP contribution in [-0.2, 0) is 14.3 Å². The van der Waals surface area contributed by atoms with Gasteiger partial charge in [0, 0.05) is 12.8 Å². The molecule has 2 unspecified atom stereocenters. The van der Waals surface area contributed by atoms with Crippen LogP contribution in [0.25, 0.3) is 0 Å². The Labute approximate surface area is 507 Å². The van der Waals surface area contributed by atoms with E-state index in [4.69, 9.17) is 4.74 Å². The van der Waals surface area contributed by atoms with E-state index in [2.05, 4.69) is 43.5 Å². The Morgan fingerprint density at radius 3 is 0.951 bits per heavy atom. The van der Waals surface area contributed by atoms with E-state index in [1.165, 1.54) is 334 Å². The van der Waals surface area contributed by atoms with E-state index >= 15 is 0 Å². The molecular formula is C75H145NO5. The Bertz CT molecular complexity index is 1270. The second kappa shape index (κ2) is 70.8. The second-order valence-electron chi connectivity index (χ2n) is 25.6. The lowest BCUT2D eigenvalue weighted by Gasteiger charge is -2.22. The van der Waals surface area contributed by atoms with Gasteiger partial charge in [0.2, 0.25) is 5.91 Å². The molecular weight excluding hydrogens is 995 g/mol. The SMILES string of the molecule is CCCCCC/C=C\C/C=C\CCCCCCCCCC(=O)OCCCCCCCCCCCCCCCCCCCCCCCCCCCCCC(=O)NC(CO)C(O)CCCCCCCCCCCCCCCCCCCCC. The maximum Gasteiger partial charge on any atom is 0.305 e. The fraction of sp³-hybridized carbons (Fsp3) is 0.920. The topological polar surface area (TPSA) is 95.9 Å². The summed E-state index contributed by atoms with van der Waals surface area (Å²) >= 11 is 0. The number of rotatable bonds is 70. The maximum atomic E-state index is 12.5. The molecule has 81 heavy (non-hydrogen) atoms. The van der Waals surface area contributed by atoms with Crippen LogP contribution in [0.4, 0.5) is 0 Å². The van der Waals surface area contributed by atoms with Crippen molar-refractivity contribution in [1.29, 1.82) is 0 Å². The predicted octanol–water partition coefficient (Wildman–Crippen LogP) is 24.1. The first-order valence-electron chi connectivity index (χ1n) is 37.1. The van der Waals surface area contributed by atoms with Crippen molar-refractivity contribution in [3.05, 3.63) is 24.3 Å². The van der Waals surface area contributed by atoms with Crippen LogP contribution < -0.4 is 5.32 Å². The predicted molar refractivity (Wildman–Crippen MR) is 356 cm³/mol. The summed E-state index contributed by atoms with van der Waals surface area (Å²) in [4.78, 5) is 24.7. The zero-order valence-corrected chi connectivity index (χ0v) is 55.0. The average molecular weight is 1140 g/mol. The first-order valence-corrected chi connectivity index (χ1v) is 37.1. The summed E-state index contributed by atoms with van der Waals surface area (Å²) in [6.45, 7) is 4.98. The fourth-order valence-corrected chi connectivity index (χ4v) is 11.9. The molecule has 0 spiro atoms. The van der Waals surface area contributed by atoms with Crippen LogP contribution in [0.15, 0.2) is 24.3 Å². The van der Waals surface area contributed by atoms with Gasteiger partial charge in [0.05, 0.1) is 25.4 Å². The lowest BCUT2D eigenvalue weighted by atomic mass is 10.0. The molecule has 0 rings (SSSR count). The minimum atomic E-state index is -0.663. The summed E-state index contributed by atoms with van der Waals surface area (Å²) in [5.41, 5.74) is 0. The molecule has 0 aliphatic rings. The lowest BCUT2D eigenvalue weighted by molar-refractivity contribution is -0.143. The molecule has 0 saturated heterocycles. The number of hydrogen-bond donors (Lipinski definition) is 3. The number of hydrogen-bond acceptors (Lipinski definition) is 5. The maximum absolute atomic E-state index is 12.5. The van der Waals surface area contributed by atoms with Crippen molar-refractivity contribution in [2.24, 2.45) is 0 Å². The van der Waals surface area contributed by atoms with Crippen molar-refractivity contribution in [1.82, 2.24) is 5.32 Å². The Kier molecular flexibility index (Phi) is 69.4. The molecule has 480 valence electrons. The number of amides is 1. The van der Waals surface area contributed by atoms with E-state index in [0.717, 1.165) is 51.4 Å². The van der Waals surface area contributed by atoms with Crippen molar-refractivity contribution in [2.75, 3.05) is 13.2 Å². The number of allylic oxidation sites excluding steroid dienone is 4. The first kappa shape index (κ1) is 79.3. The lowest BCUT2D eigenvalue weighted by Crippen LogP contribution is -2.45.